The van der Waals surface area contributed by atoms with Crippen LogP contribution in [0.2, 0.25) is 0 Å². The minimum absolute atomic E-state index is 0.149. The lowest BCUT2D eigenvalue weighted by molar-refractivity contribution is 0.154. The quantitative estimate of drug-likeness (QED) is 0.907. The van der Waals surface area contributed by atoms with Gasteiger partial charge < -0.3 is 15.2 Å². The number of fused-ring (bicyclic) bond motifs is 1. The van der Waals surface area contributed by atoms with Crippen LogP contribution in [-0.4, -0.2) is 33.6 Å². The van der Waals surface area contributed by atoms with Gasteiger partial charge in [-0.15, -0.1) is 0 Å². The maximum Gasteiger partial charge on any atom is 0.125 e. The smallest absolute Gasteiger partial charge is 0.125 e. The van der Waals surface area contributed by atoms with Gasteiger partial charge in [0.2, 0.25) is 0 Å². The third kappa shape index (κ3) is 2.70. The molecule has 3 rings (SSSR count). The highest BCUT2D eigenvalue weighted by Gasteiger charge is 2.24. The van der Waals surface area contributed by atoms with Crippen LogP contribution >= 0.6 is 0 Å². The van der Waals surface area contributed by atoms with Gasteiger partial charge in [0.15, 0.2) is 0 Å². The Kier molecular flexibility index (Phi) is 3.89. The molecule has 0 spiro atoms. The molecule has 2 aliphatic heterocycles. The molecule has 2 unspecified atom stereocenters. The van der Waals surface area contributed by atoms with Gasteiger partial charge in [-0.1, -0.05) is 13.3 Å². The molecule has 106 valence electrons. The van der Waals surface area contributed by atoms with Crippen LogP contribution in [-0.2, 0) is 13.0 Å². The SMILES string of the molecule is CCN1CCCCC1Cc1cn2c(n1)C(N)CCC2. The third-order valence-electron chi connectivity index (χ3n) is 4.70. The van der Waals surface area contributed by atoms with Gasteiger partial charge in [0.1, 0.15) is 5.82 Å². The second-order valence-electron chi connectivity index (χ2n) is 6.01. The van der Waals surface area contributed by atoms with E-state index in [1.165, 1.54) is 37.9 Å². The predicted molar refractivity (Wildman–Crippen MR) is 77.0 cm³/mol. The van der Waals surface area contributed by atoms with Crippen LogP contribution in [0.15, 0.2) is 6.20 Å². The van der Waals surface area contributed by atoms with Crippen LogP contribution in [0.4, 0.5) is 0 Å². The number of piperidine rings is 1. The molecular formula is C15H26N4. The van der Waals surface area contributed by atoms with Crippen molar-refractivity contribution in [2.75, 3.05) is 13.1 Å². The molecule has 1 fully saturated rings. The summed E-state index contributed by atoms with van der Waals surface area (Å²) in [7, 11) is 0. The first-order valence-corrected chi connectivity index (χ1v) is 7.83. The summed E-state index contributed by atoms with van der Waals surface area (Å²) in [4.78, 5) is 7.42. The molecule has 4 heteroatoms. The molecule has 2 N–H and O–H groups in total. The summed E-state index contributed by atoms with van der Waals surface area (Å²) >= 11 is 0. The Morgan fingerprint density at radius 1 is 1.26 bits per heavy atom. The summed E-state index contributed by atoms with van der Waals surface area (Å²) < 4.78 is 2.28. The van der Waals surface area contributed by atoms with E-state index >= 15 is 0 Å². The molecule has 1 aromatic heterocycles. The number of hydrogen-bond acceptors (Lipinski definition) is 3. The second-order valence-corrected chi connectivity index (χ2v) is 6.01. The van der Waals surface area contributed by atoms with Crippen molar-refractivity contribution >= 4 is 0 Å². The van der Waals surface area contributed by atoms with E-state index in [1.807, 2.05) is 0 Å². The van der Waals surface area contributed by atoms with E-state index in [4.69, 9.17) is 10.7 Å². The number of nitrogens with two attached hydrogens (primary N) is 1. The largest absolute Gasteiger partial charge is 0.333 e. The summed E-state index contributed by atoms with van der Waals surface area (Å²) in [5.74, 6) is 1.11. The Hall–Kier alpha value is -0.870. The molecular weight excluding hydrogens is 236 g/mol. The normalized spacial score (nSPS) is 28.3. The minimum Gasteiger partial charge on any atom is -0.333 e. The number of rotatable bonds is 3. The Balaban J connectivity index is 1.72. The fourth-order valence-electron chi connectivity index (χ4n) is 3.62. The summed E-state index contributed by atoms with van der Waals surface area (Å²) in [6.07, 6.45) is 9.66. The zero-order chi connectivity index (χ0) is 13.2. The monoisotopic (exact) mass is 262 g/mol. The molecule has 0 amide bonds. The van der Waals surface area contributed by atoms with Crippen LogP contribution in [0.1, 0.15) is 56.6 Å². The first kappa shape index (κ1) is 13.1. The third-order valence-corrected chi connectivity index (χ3v) is 4.70. The Morgan fingerprint density at radius 3 is 2.95 bits per heavy atom. The molecule has 1 aromatic rings. The van der Waals surface area contributed by atoms with E-state index in [9.17, 15) is 0 Å². The number of aromatic nitrogens is 2. The van der Waals surface area contributed by atoms with Crippen molar-refractivity contribution < 1.29 is 0 Å². The lowest BCUT2D eigenvalue weighted by Gasteiger charge is -2.34. The van der Waals surface area contributed by atoms with Crippen molar-refractivity contribution in [2.45, 2.75) is 64.1 Å². The molecule has 0 saturated carbocycles. The van der Waals surface area contributed by atoms with Crippen LogP contribution in [0.3, 0.4) is 0 Å². The molecule has 4 nitrogen and oxygen atoms in total. The van der Waals surface area contributed by atoms with E-state index in [0.29, 0.717) is 6.04 Å². The number of nitrogens with zero attached hydrogens (tertiary/aromatic N) is 3. The van der Waals surface area contributed by atoms with E-state index < -0.39 is 0 Å². The fourth-order valence-corrected chi connectivity index (χ4v) is 3.62. The highest BCUT2D eigenvalue weighted by atomic mass is 15.2. The van der Waals surface area contributed by atoms with E-state index in [0.717, 1.165) is 31.8 Å². The molecule has 19 heavy (non-hydrogen) atoms. The summed E-state index contributed by atoms with van der Waals surface area (Å²) in [5, 5.41) is 0. The van der Waals surface area contributed by atoms with Crippen molar-refractivity contribution in [3.05, 3.63) is 17.7 Å². The highest BCUT2D eigenvalue weighted by molar-refractivity contribution is 5.11. The van der Waals surface area contributed by atoms with Crippen LogP contribution in [0, 0.1) is 0 Å². The van der Waals surface area contributed by atoms with Gasteiger partial charge in [-0.2, -0.15) is 0 Å². The highest BCUT2D eigenvalue weighted by Crippen LogP contribution is 2.25. The average Bonchev–Trinajstić information content (AvgIpc) is 2.83. The van der Waals surface area contributed by atoms with E-state index in [2.05, 4.69) is 22.6 Å². The number of likely N-dealkylation sites (tertiary alicyclic amines) is 1. The zero-order valence-electron chi connectivity index (χ0n) is 12.0. The van der Waals surface area contributed by atoms with Crippen molar-refractivity contribution in [3.63, 3.8) is 0 Å². The molecule has 0 radical (unpaired) electrons. The van der Waals surface area contributed by atoms with Gasteiger partial charge in [0.25, 0.3) is 0 Å². The number of imidazole rings is 1. The van der Waals surface area contributed by atoms with Gasteiger partial charge in [0.05, 0.1) is 11.7 Å². The average molecular weight is 262 g/mol. The Morgan fingerprint density at radius 2 is 2.16 bits per heavy atom. The van der Waals surface area contributed by atoms with Gasteiger partial charge in [0, 0.05) is 25.2 Å². The standard InChI is InChI=1S/C15H26N4/c1-2-18-8-4-3-6-13(18)10-12-11-19-9-5-7-14(16)15(19)17-12/h11,13-14H,2-10,16H2,1H3. The summed E-state index contributed by atoms with van der Waals surface area (Å²) in [5.41, 5.74) is 7.40. The van der Waals surface area contributed by atoms with Crippen molar-refractivity contribution in [3.8, 4) is 0 Å². The predicted octanol–water partition coefficient (Wildman–Crippen LogP) is 2.09. The summed E-state index contributed by atoms with van der Waals surface area (Å²) in [6, 6.07) is 0.836. The van der Waals surface area contributed by atoms with Gasteiger partial charge in [-0.3, -0.25) is 0 Å². The molecule has 0 bridgehead atoms. The maximum absolute atomic E-state index is 6.15. The first-order chi connectivity index (χ1) is 9.28. The number of likely N-dealkylation sites (N-methyl/N-ethyl adjacent to an activating group) is 1. The molecule has 1 saturated heterocycles. The molecule has 0 aromatic carbocycles. The fraction of sp³-hybridized carbons (Fsp3) is 0.800. The number of aryl methyl sites for hydroxylation is 1. The molecule has 0 aliphatic carbocycles. The van der Waals surface area contributed by atoms with Crippen LogP contribution in [0.5, 0.6) is 0 Å². The summed E-state index contributed by atoms with van der Waals surface area (Å²) in [6.45, 7) is 5.79. The molecule has 2 atom stereocenters. The van der Waals surface area contributed by atoms with Crippen LogP contribution in [0.25, 0.3) is 0 Å². The Labute approximate surface area is 116 Å². The van der Waals surface area contributed by atoms with Crippen molar-refractivity contribution in [1.29, 1.82) is 0 Å². The van der Waals surface area contributed by atoms with Gasteiger partial charge in [-0.05, 0) is 38.8 Å². The lowest BCUT2D eigenvalue weighted by atomic mass is 9.98. The van der Waals surface area contributed by atoms with Gasteiger partial charge >= 0.3 is 0 Å². The maximum atomic E-state index is 6.15. The minimum atomic E-state index is 0.149. The van der Waals surface area contributed by atoms with Gasteiger partial charge in [-0.25, -0.2) is 4.98 Å². The zero-order valence-corrected chi connectivity index (χ0v) is 12.0. The van der Waals surface area contributed by atoms with E-state index in [-0.39, 0.29) is 6.04 Å². The molecule has 3 heterocycles. The van der Waals surface area contributed by atoms with Crippen molar-refractivity contribution in [2.24, 2.45) is 5.73 Å². The number of hydrogen-bond donors (Lipinski definition) is 1. The van der Waals surface area contributed by atoms with E-state index in [1.54, 1.807) is 0 Å². The van der Waals surface area contributed by atoms with Crippen LogP contribution < -0.4 is 5.73 Å². The lowest BCUT2D eigenvalue weighted by Crippen LogP contribution is -2.40. The van der Waals surface area contributed by atoms with Crippen molar-refractivity contribution in [1.82, 2.24) is 14.5 Å². The first-order valence-electron chi connectivity index (χ1n) is 7.83. The topological polar surface area (TPSA) is 47.1 Å². The molecule has 2 aliphatic rings. The second kappa shape index (κ2) is 5.63. The Bertz CT molecular complexity index is 426.